The molecule has 0 aromatic heterocycles. The average molecular weight is 293 g/mol. The van der Waals surface area contributed by atoms with Crippen LogP contribution >= 0.6 is 0 Å². The molecule has 3 rings (SSSR count). The molecule has 21 heavy (non-hydrogen) atoms. The smallest absolute Gasteiger partial charge is 0.0309 e. The minimum absolute atomic E-state index is 0.464. The molecule has 3 unspecified atom stereocenters. The normalized spacial score (nSPS) is 37.4. The van der Waals surface area contributed by atoms with Crippen LogP contribution in [0.1, 0.15) is 72.1 Å². The zero-order chi connectivity index (χ0) is 14.9. The Balaban J connectivity index is 1.68. The van der Waals surface area contributed by atoms with Gasteiger partial charge < -0.3 is 5.32 Å². The van der Waals surface area contributed by atoms with Crippen molar-refractivity contribution in [3.05, 3.63) is 0 Å². The fourth-order valence-corrected chi connectivity index (χ4v) is 5.23. The van der Waals surface area contributed by atoms with Gasteiger partial charge in [0, 0.05) is 31.2 Å². The summed E-state index contributed by atoms with van der Waals surface area (Å²) in [7, 11) is 0. The molecular formula is C19H36N2. The van der Waals surface area contributed by atoms with Gasteiger partial charge in [-0.2, -0.15) is 0 Å². The maximum absolute atomic E-state index is 3.99. The van der Waals surface area contributed by atoms with E-state index < -0.39 is 0 Å². The molecule has 3 atom stereocenters. The lowest BCUT2D eigenvalue weighted by atomic mass is 9.78. The third-order valence-electron chi connectivity index (χ3n) is 6.75. The van der Waals surface area contributed by atoms with Gasteiger partial charge in [-0.05, 0) is 37.0 Å². The molecule has 1 N–H and O–H groups in total. The summed E-state index contributed by atoms with van der Waals surface area (Å²) in [4.78, 5) is 2.90. The number of nitrogens with zero attached hydrogens (tertiary/aromatic N) is 1. The van der Waals surface area contributed by atoms with Crippen LogP contribution in [0.3, 0.4) is 0 Å². The minimum Gasteiger partial charge on any atom is -0.308 e. The maximum atomic E-state index is 3.99. The highest BCUT2D eigenvalue weighted by Gasteiger charge is 2.41. The highest BCUT2D eigenvalue weighted by molar-refractivity contribution is 5.01. The van der Waals surface area contributed by atoms with Gasteiger partial charge in [-0.1, -0.05) is 52.9 Å². The Bertz CT molecular complexity index is 332. The van der Waals surface area contributed by atoms with Crippen molar-refractivity contribution >= 4 is 0 Å². The number of piperazine rings is 1. The lowest BCUT2D eigenvalue weighted by Gasteiger charge is -2.51. The van der Waals surface area contributed by atoms with Crippen molar-refractivity contribution in [1.29, 1.82) is 0 Å². The van der Waals surface area contributed by atoms with E-state index in [-0.39, 0.29) is 0 Å². The first kappa shape index (κ1) is 15.8. The van der Waals surface area contributed by atoms with Crippen molar-refractivity contribution in [3.63, 3.8) is 0 Å². The van der Waals surface area contributed by atoms with E-state index in [1.807, 2.05) is 0 Å². The van der Waals surface area contributed by atoms with Gasteiger partial charge >= 0.3 is 0 Å². The van der Waals surface area contributed by atoms with E-state index in [4.69, 9.17) is 0 Å². The van der Waals surface area contributed by atoms with Crippen LogP contribution in [0.2, 0.25) is 0 Å². The Morgan fingerprint density at radius 2 is 1.86 bits per heavy atom. The van der Waals surface area contributed by atoms with E-state index in [1.165, 1.54) is 71.0 Å². The summed E-state index contributed by atoms with van der Waals surface area (Å²) in [6.07, 6.45) is 11.6. The van der Waals surface area contributed by atoms with Crippen molar-refractivity contribution in [2.75, 3.05) is 19.6 Å². The van der Waals surface area contributed by atoms with Gasteiger partial charge in [-0.25, -0.2) is 0 Å². The molecule has 0 aromatic rings. The molecule has 1 saturated heterocycles. The number of rotatable bonds is 3. The van der Waals surface area contributed by atoms with Crippen LogP contribution < -0.4 is 5.32 Å². The summed E-state index contributed by atoms with van der Waals surface area (Å²) in [6.45, 7) is 11.2. The van der Waals surface area contributed by atoms with Crippen molar-refractivity contribution in [2.24, 2.45) is 17.8 Å². The van der Waals surface area contributed by atoms with E-state index in [2.05, 4.69) is 31.0 Å². The summed E-state index contributed by atoms with van der Waals surface area (Å²) in [5.74, 6) is 2.69. The topological polar surface area (TPSA) is 15.3 Å². The first-order valence-electron chi connectivity index (χ1n) is 9.59. The molecule has 2 heteroatoms. The molecule has 2 saturated carbocycles. The van der Waals surface area contributed by atoms with Gasteiger partial charge in [0.1, 0.15) is 0 Å². The van der Waals surface area contributed by atoms with Crippen LogP contribution in [0, 0.1) is 17.8 Å². The summed E-state index contributed by atoms with van der Waals surface area (Å²) in [5, 5.41) is 3.99. The Morgan fingerprint density at radius 1 is 1.10 bits per heavy atom. The van der Waals surface area contributed by atoms with E-state index in [0.717, 1.165) is 23.8 Å². The number of hydrogen-bond acceptors (Lipinski definition) is 2. The molecule has 0 bridgehead atoms. The fourth-order valence-electron chi connectivity index (χ4n) is 5.23. The predicted octanol–water partition coefficient (Wildman–Crippen LogP) is 4.06. The summed E-state index contributed by atoms with van der Waals surface area (Å²) < 4.78 is 0. The first-order valence-corrected chi connectivity index (χ1v) is 9.59. The number of nitrogens with one attached hydrogen (secondary N) is 1. The highest BCUT2D eigenvalue weighted by Crippen LogP contribution is 2.36. The largest absolute Gasteiger partial charge is 0.308 e. The summed E-state index contributed by atoms with van der Waals surface area (Å²) in [6, 6.07) is 0.755. The first-order chi connectivity index (χ1) is 10.1. The number of hydrogen-bond donors (Lipinski definition) is 1. The van der Waals surface area contributed by atoms with Gasteiger partial charge in [0.25, 0.3) is 0 Å². The van der Waals surface area contributed by atoms with Gasteiger partial charge in [0.05, 0.1) is 0 Å². The van der Waals surface area contributed by atoms with Crippen molar-refractivity contribution < 1.29 is 0 Å². The van der Waals surface area contributed by atoms with E-state index in [1.54, 1.807) is 0 Å². The minimum atomic E-state index is 0.464. The predicted molar refractivity (Wildman–Crippen MR) is 90.5 cm³/mol. The second-order valence-corrected chi connectivity index (χ2v) is 8.63. The van der Waals surface area contributed by atoms with Crippen molar-refractivity contribution in [1.82, 2.24) is 10.2 Å². The fraction of sp³-hybridized carbons (Fsp3) is 1.00. The highest BCUT2D eigenvalue weighted by atomic mass is 15.3. The monoisotopic (exact) mass is 292 g/mol. The Hall–Kier alpha value is -0.0800. The molecule has 1 spiro atoms. The van der Waals surface area contributed by atoms with E-state index in [9.17, 15) is 0 Å². The molecule has 3 fully saturated rings. The molecule has 1 aliphatic heterocycles. The quantitative estimate of drug-likeness (QED) is 0.844. The molecule has 3 aliphatic rings. The second-order valence-electron chi connectivity index (χ2n) is 8.63. The Kier molecular flexibility index (Phi) is 4.95. The average Bonchev–Trinajstić information content (AvgIpc) is 2.85. The van der Waals surface area contributed by atoms with Gasteiger partial charge in [0.2, 0.25) is 0 Å². The molecule has 0 aromatic carbocycles. The summed E-state index contributed by atoms with van der Waals surface area (Å²) in [5.41, 5.74) is 0.464. The van der Waals surface area contributed by atoms with Crippen LogP contribution in [-0.4, -0.2) is 36.1 Å². The van der Waals surface area contributed by atoms with Crippen LogP contribution in [0.5, 0.6) is 0 Å². The Morgan fingerprint density at radius 3 is 2.48 bits per heavy atom. The zero-order valence-corrected chi connectivity index (χ0v) is 14.5. The molecule has 1 heterocycles. The molecule has 122 valence electrons. The lowest BCUT2D eigenvalue weighted by Crippen LogP contribution is -2.66. The standard InChI is InChI=1S/C19H36N2/c1-15(2)18-12-20-19(10-5-4-6-11-19)14-21(18)13-17-9-7-8-16(17)3/h15-18,20H,4-14H2,1-3H3. The summed E-state index contributed by atoms with van der Waals surface area (Å²) >= 11 is 0. The lowest BCUT2D eigenvalue weighted by molar-refractivity contribution is 0.0226. The third-order valence-corrected chi connectivity index (χ3v) is 6.75. The van der Waals surface area contributed by atoms with Gasteiger partial charge in [0.15, 0.2) is 0 Å². The SMILES string of the molecule is CC(C)C1CNC2(CCCCC2)CN1CC1CCCC1C. The Labute approximate surface area is 132 Å². The van der Waals surface area contributed by atoms with E-state index in [0.29, 0.717) is 5.54 Å². The zero-order valence-electron chi connectivity index (χ0n) is 14.5. The molecule has 2 aliphatic carbocycles. The van der Waals surface area contributed by atoms with Crippen molar-refractivity contribution in [2.45, 2.75) is 83.7 Å². The van der Waals surface area contributed by atoms with Gasteiger partial charge in [-0.15, -0.1) is 0 Å². The third kappa shape index (κ3) is 3.47. The van der Waals surface area contributed by atoms with Crippen LogP contribution in [0.25, 0.3) is 0 Å². The molecule has 0 radical (unpaired) electrons. The molecular weight excluding hydrogens is 256 g/mol. The van der Waals surface area contributed by atoms with Gasteiger partial charge in [-0.3, -0.25) is 4.90 Å². The van der Waals surface area contributed by atoms with Crippen molar-refractivity contribution in [3.8, 4) is 0 Å². The van der Waals surface area contributed by atoms with E-state index >= 15 is 0 Å². The van der Waals surface area contributed by atoms with Crippen LogP contribution in [-0.2, 0) is 0 Å². The van der Waals surface area contributed by atoms with Crippen LogP contribution in [0.4, 0.5) is 0 Å². The second kappa shape index (κ2) is 6.58. The molecule has 2 nitrogen and oxygen atoms in total. The van der Waals surface area contributed by atoms with Crippen LogP contribution in [0.15, 0.2) is 0 Å². The molecule has 0 amide bonds. The maximum Gasteiger partial charge on any atom is 0.0309 e.